The predicted molar refractivity (Wildman–Crippen MR) is 83.8 cm³/mol. The van der Waals surface area contributed by atoms with Crippen LogP contribution in [-0.4, -0.2) is 29.9 Å². The Morgan fingerprint density at radius 3 is 2.09 bits per heavy atom. The summed E-state index contributed by atoms with van der Waals surface area (Å²) in [6.07, 6.45) is 0. The van der Waals surface area contributed by atoms with Crippen LogP contribution in [0.3, 0.4) is 0 Å². The zero-order valence-electron chi connectivity index (χ0n) is 12.8. The number of ether oxygens (including phenoxy) is 1. The molecule has 0 heterocycles. The second kappa shape index (κ2) is 4.91. The molecule has 2 atom stereocenters. The van der Waals surface area contributed by atoms with Crippen LogP contribution in [0, 0.1) is 11.8 Å². The van der Waals surface area contributed by atoms with E-state index in [1.165, 1.54) is 7.11 Å². The largest absolute Gasteiger partial charge is 0.469 e. The molecule has 0 radical (unpaired) electrons. The molecular formula is C19H18O4. The maximum Gasteiger partial charge on any atom is 0.310 e. The number of aliphatic hydroxyl groups excluding tert-OH is 1. The van der Waals surface area contributed by atoms with Gasteiger partial charge in [-0.25, -0.2) is 0 Å². The van der Waals surface area contributed by atoms with Crippen molar-refractivity contribution >= 4 is 5.97 Å². The first-order valence-electron chi connectivity index (χ1n) is 7.74. The smallest absolute Gasteiger partial charge is 0.310 e. The summed E-state index contributed by atoms with van der Waals surface area (Å²) in [6.45, 7) is -0.282. The molecule has 0 saturated carbocycles. The summed E-state index contributed by atoms with van der Waals surface area (Å²) in [5.74, 6) is -1.82. The number of carbonyl (C=O) groups is 1. The molecule has 4 nitrogen and oxygen atoms in total. The number of esters is 1. The summed E-state index contributed by atoms with van der Waals surface area (Å²) in [7, 11) is 1.35. The molecule has 5 rings (SSSR count). The summed E-state index contributed by atoms with van der Waals surface area (Å²) in [4.78, 5) is 12.4. The third kappa shape index (κ3) is 1.65. The highest BCUT2D eigenvalue weighted by Gasteiger charge is 2.60. The molecule has 0 saturated heterocycles. The highest BCUT2D eigenvalue weighted by atomic mass is 16.5. The van der Waals surface area contributed by atoms with Crippen LogP contribution in [0.5, 0.6) is 0 Å². The van der Waals surface area contributed by atoms with E-state index in [0.29, 0.717) is 0 Å². The van der Waals surface area contributed by atoms with Gasteiger partial charge in [0.1, 0.15) is 5.60 Å². The van der Waals surface area contributed by atoms with Crippen molar-refractivity contribution in [2.45, 2.75) is 11.5 Å². The van der Waals surface area contributed by atoms with E-state index in [9.17, 15) is 15.0 Å². The van der Waals surface area contributed by atoms with Crippen LogP contribution in [0.15, 0.2) is 48.5 Å². The fraction of sp³-hybridized carbons (Fsp3) is 0.316. The number of carbonyl (C=O) groups excluding carboxylic acids is 1. The number of hydrogen-bond acceptors (Lipinski definition) is 4. The van der Waals surface area contributed by atoms with Gasteiger partial charge in [0.2, 0.25) is 0 Å². The molecule has 2 aromatic rings. The lowest BCUT2D eigenvalue weighted by molar-refractivity contribution is -0.157. The van der Waals surface area contributed by atoms with Gasteiger partial charge >= 0.3 is 5.97 Å². The van der Waals surface area contributed by atoms with Gasteiger partial charge in [-0.05, 0) is 22.3 Å². The Morgan fingerprint density at radius 1 is 1.09 bits per heavy atom. The van der Waals surface area contributed by atoms with Crippen LogP contribution in [0.2, 0.25) is 0 Å². The first-order valence-corrected chi connectivity index (χ1v) is 7.74. The Bertz CT molecular complexity index is 735. The van der Waals surface area contributed by atoms with E-state index in [2.05, 4.69) is 0 Å². The lowest BCUT2D eigenvalue weighted by atomic mass is 9.52. The molecule has 2 N–H and O–H groups in total. The zero-order valence-corrected chi connectivity index (χ0v) is 12.8. The normalized spacial score (nSPS) is 30.5. The first kappa shape index (κ1) is 14.4. The topological polar surface area (TPSA) is 66.8 Å². The van der Waals surface area contributed by atoms with Crippen molar-refractivity contribution in [1.82, 2.24) is 0 Å². The van der Waals surface area contributed by atoms with Crippen molar-refractivity contribution in [3.63, 3.8) is 0 Å². The van der Waals surface area contributed by atoms with E-state index in [0.717, 1.165) is 22.3 Å². The van der Waals surface area contributed by atoms with Crippen molar-refractivity contribution in [1.29, 1.82) is 0 Å². The van der Waals surface area contributed by atoms with Gasteiger partial charge in [0.05, 0.1) is 19.6 Å². The molecule has 23 heavy (non-hydrogen) atoms. The van der Waals surface area contributed by atoms with Crippen LogP contribution in [0.4, 0.5) is 0 Å². The van der Waals surface area contributed by atoms with Gasteiger partial charge in [-0.1, -0.05) is 48.5 Å². The molecule has 0 aliphatic heterocycles. The van der Waals surface area contributed by atoms with Crippen molar-refractivity contribution in [2.24, 2.45) is 11.8 Å². The van der Waals surface area contributed by atoms with E-state index in [1.807, 2.05) is 48.5 Å². The molecular weight excluding hydrogens is 292 g/mol. The van der Waals surface area contributed by atoms with E-state index in [4.69, 9.17) is 4.74 Å². The third-order valence-electron chi connectivity index (χ3n) is 5.41. The molecule has 0 spiro atoms. The highest BCUT2D eigenvalue weighted by Crippen LogP contribution is 2.60. The molecule has 0 amide bonds. The molecule has 4 heteroatoms. The number of rotatable bonds is 2. The Kier molecular flexibility index (Phi) is 3.08. The Balaban J connectivity index is 2.07. The van der Waals surface area contributed by atoms with E-state index in [1.54, 1.807) is 0 Å². The number of fused-ring (bicyclic) bond motifs is 1. The van der Waals surface area contributed by atoms with Crippen LogP contribution in [0.1, 0.15) is 28.2 Å². The summed E-state index contributed by atoms with van der Waals surface area (Å²) >= 11 is 0. The number of benzene rings is 2. The van der Waals surface area contributed by atoms with Crippen LogP contribution in [-0.2, 0) is 15.1 Å². The standard InChI is InChI=1S/C19H18O4/c1-23-18(21)17-15(10-20)19(22)13-8-4-2-6-11(13)16(17)12-7-3-5-9-14(12)19/h2-9,15-17,20,22H,10H2,1H3/t15-,16?,17-,19?/m1/s1. The molecule has 0 fully saturated rings. The van der Waals surface area contributed by atoms with Crippen molar-refractivity contribution in [3.8, 4) is 0 Å². The highest BCUT2D eigenvalue weighted by molar-refractivity contribution is 5.78. The van der Waals surface area contributed by atoms with Crippen molar-refractivity contribution in [3.05, 3.63) is 70.8 Å². The van der Waals surface area contributed by atoms with Gasteiger partial charge in [-0.2, -0.15) is 0 Å². The fourth-order valence-corrected chi connectivity index (χ4v) is 4.50. The minimum absolute atomic E-state index is 0.207. The van der Waals surface area contributed by atoms with Crippen LogP contribution < -0.4 is 0 Å². The number of methoxy groups -OCH3 is 1. The summed E-state index contributed by atoms with van der Waals surface area (Å²) in [5.41, 5.74) is 2.06. The minimum Gasteiger partial charge on any atom is -0.469 e. The molecule has 118 valence electrons. The van der Waals surface area contributed by atoms with E-state index < -0.39 is 23.4 Å². The fourth-order valence-electron chi connectivity index (χ4n) is 4.50. The molecule has 2 aromatic carbocycles. The summed E-state index contributed by atoms with van der Waals surface area (Å²) in [6, 6.07) is 15.2. The van der Waals surface area contributed by atoms with Gasteiger partial charge in [-0.3, -0.25) is 4.79 Å². The van der Waals surface area contributed by atoms with Gasteiger partial charge in [0.25, 0.3) is 0 Å². The minimum atomic E-state index is -1.38. The van der Waals surface area contributed by atoms with Gasteiger partial charge in [-0.15, -0.1) is 0 Å². The average Bonchev–Trinajstić information content (AvgIpc) is 2.61. The van der Waals surface area contributed by atoms with Gasteiger partial charge in [0.15, 0.2) is 0 Å². The maximum absolute atomic E-state index is 12.4. The van der Waals surface area contributed by atoms with Crippen LogP contribution in [0.25, 0.3) is 0 Å². The summed E-state index contributed by atoms with van der Waals surface area (Å²) < 4.78 is 4.99. The lowest BCUT2D eigenvalue weighted by Gasteiger charge is -2.53. The SMILES string of the molecule is COC(=O)[C@H]1C2c3ccccc3C(O)(c3ccccc32)[C@@H]1CO. The number of hydrogen-bond donors (Lipinski definition) is 2. The Labute approximate surface area is 134 Å². The van der Waals surface area contributed by atoms with Gasteiger partial charge < -0.3 is 14.9 Å². The second-order valence-corrected chi connectivity index (χ2v) is 6.26. The van der Waals surface area contributed by atoms with Gasteiger partial charge in [0, 0.05) is 11.8 Å². The molecule has 0 unspecified atom stereocenters. The lowest BCUT2D eigenvalue weighted by Crippen LogP contribution is -2.55. The summed E-state index contributed by atoms with van der Waals surface area (Å²) in [5, 5.41) is 21.6. The van der Waals surface area contributed by atoms with Crippen molar-refractivity contribution in [2.75, 3.05) is 13.7 Å². The van der Waals surface area contributed by atoms with Crippen molar-refractivity contribution < 1.29 is 19.7 Å². The Morgan fingerprint density at radius 2 is 1.61 bits per heavy atom. The predicted octanol–water partition coefficient (Wildman–Crippen LogP) is 1.78. The zero-order chi connectivity index (χ0) is 16.2. The second-order valence-electron chi connectivity index (χ2n) is 6.26. The molecule has 2 bridgehead atoms. The molecule has 0 aromatic heterocycles. The Hall–Kier alpha value is -2.17. The quantitative estimate of drug-likeness (QED) is 0.830. The molecule has 3 aliphatic carbocycles. The third-order valence-corrected chi connectivity index (χ3v) is 5.41. The van der Waals surface area contributed by atoms with E-state index in [-0.39, 0.29) is 12.5 Å². The molecule has 3 aliphatic rings. The average molecular weight is 310 g/mol. The first-order chi connectivity index (χ1) is 11.1. The van der Waals surface area contributed by atoms with E-state index >= 15 is 0 Å². The monoisotopic (exact) mass is 310 g/mol. The van der Waals surface area contributed by atoms with Crippen LogP contribution >= 0.6 is 0 Å². The maximum atomic E-state index is 12.4. The number of aliphatic hydroxyl groups is 2.